The summed E-state index contributed by atoms with van der Waals surface area (Å²) in [5.41, 5.74) is -0.823. The summed E-state index contributed by atoms with van der Waals surface area (Å²) in [5.74, 6) is -7.94. The minimum absolute atomic E-state index is 0.0749. The molecule has 0 saturated heterocycles. The summed E-state index contributed by atoms with van der Waals surface area (Å²) in [6.45, 7) is 1.44. The Balaban J connectivity index is 2.97. The lowest BCUT2D eigenvalue weighted by atomic mass is 10.1. The van der Waals surface area contributed by atoms with Crippen molar-refractivity contribution in [3.05, 3.63) is 29.1 Å². The summed E-state index contributed by atoms with van der Waals surface area (Å²) in [6, 6.07) is 2.17. The third-order valence-electron chi connectivity index (χ3n) is 2.17. The Labute approximate surface area is 101 Å². The molecule has 1 atom stereocenters. The van der Waals surface area contributed by atoms with E-state index in [0.29, 0.717) is 6.07 Å². The molecule has 0 heterocycles. The van der Waals surface area contributed by atoms with Crippen LogP contribution in [0.4, 0.5) is 13.2 Å². The zero-order chi connectivity index (χ0) is 13.9. The molecule has 0 aromatic heterocycles. The molecule has 18 heavy (non-hydrogen) atoms. The highest BCUT2D eigenvalue weighted by atomic mass is 19.2. The van der Waals surface area contributed by atoms with E-state index in [1.807, 2.05) is 6.07 Å². The number of rotatable bonds is 3. The second-order valence-electron chi connectivity index (χ2n) is 3.62. The molecule has 1 rings (SSSR count). The highest BCUT2D eigenvalue weighted by Gasteiger charge is 2.22. The van der Waals surface area contributed by atoms with Crippen molar-refractivity contribution in [2.75, 3.05) is 6.54 Å². The van der Waals surface area contributed by atoms with Crippen molar-refractivity contribution in [2.45, 2.75) is 6.92 Å². The highest BCUT2D eigenvalue weighted by molar-refractivity contribution is 5.95. The molecule has 0 aliphatic rings. The van der Waals surface area contributed by atoms with E-state index in [1.165, 1.54) is 6.92 Å². The molecule has 0 spiro atoms. The first-order chi connectivity index (χ1) is 8.38. The topological polar surface area (TPSA) is 73.1 Å². The van der Waals surface area contributed by atoms with Gasteiger partial charge in [0.25, 0.3) is 5.91 Å². The fourth-order valence-corrected chi connectivity index (χ4v) is 1.14. The van der Waals surface area contributed by atoms with Gasteiger partial charge >= 0.3 is 0 Å². The fourth-order valence-electron chi connectivity index (χ4n) is 1.14. The van der Waals surface area contributed by atoms with Gasteiger partial charge in [0.2, 0.25) is 5.82 Å². The Morgan fingerprint density at radius 2 is 2.11 bits per heavy atom. The molecule has 0 aliphatic heterocycles. The number of carbonyl (C=O) groups excluding carboxylic acids is 1. The zero-order valence-corrected chi connectivity index (χ0v) is 9.30. The van der Waals surface area contributed by atoms with Crippen LogP contribution < -0.4 is 5.32 Å². The van der Waals surface area contributed by atoms with Crippen LogP contribution in [-0.4, -0.2) is 17.6 Å². The van der Waals surface area contributed by atoms with Gasteiger partial charge in [-0.05, 0) is 13.0 Å². The average Bonchev–Trinajstić information content (AvgIpc) is 2.37. The summed E-state index contributed by atoms with van der Waals surface area (Å²) in [7, 11) is 0. The van der Waals surface area contributed by atoms with Gasteiger partial charge in [-0.25, -0.2) is 8.78 Å². The van der Waals surface area contributed by atoms with E-state index in [4.69, 9.17) is 10.4 Å². The van der Waals surface area contributed by atoms with E-state index < -0.39 is 40.6 Å². The number of nitrogens with one attached hydrogen (secondary N) is 1. The van der Waals surface area contributed by atoms with Crippen molar-refractivity contribution in [3.8, 4) is 11.8 Å². The van der Waals surface area contributed by atoms with Gasteiger partial charge in [-0.1, -0.05) is 0 Å². The number of amides is 1. The van der Waals surface area contributed by atoms with Crippen LogP contribution in [0.1, 0.15) is 17.3 Å². The van der Waals surface area contributed by atoms with E-state index in [1.54, 1.807) is 0 Å². The van der Waals surface area contributed by atoms with Crippen LogP contribution in [0.3, 0.4) is 0 Å². The molecule has 1 amide bonds. The van der Waals surface area contributed by atoms with Crippen molar-refractivity contribution < 1.29 is 23.1 Å². The lowest BCUT2D eigenvalue weighted by molar-refractivity contribution is 0.0945. The first-order valence-electron chi connectivity index (χ1n) is 4.92. The normalized spacial score (nSPS) is 11.7. The fraction of sp³-hybridized carbons (Fsp3) is 0.273. The van der Waals surface area contributed by atoms with Gasteiger partial charge in [-0.2, -0.15) is 9.65 Å². The molecule has 0 aliphatic carbocycles. The Hall–Kier alpha value is -2.23. The number of phenols is 1. The SMILES string of the molecule is CC(C#N)CNC(=O)c1cc(F)c(F)c(O)c1F. The molecule has 2 N–H and O–H groups in total. The van der Waals surface area contributed by atoms with Crippen molar-refractivity contribution >= 4 is 5.91 Å². The molecule has 7 heteroatoms. The number of nitriles is 1. The third-order valence-corrected chi connectivity index (χ3v) is 2.17. The number of benzene rings is 1. The number of nitrogens with zero attached hydrogens (tertiary/aromatic N) is 1. The predicted octanol–water partition coefficient (Wildman–Crippen LogP) is 1.70. The minimum Gasteiger partial charge on any atom is -0.503 e. The summed E-state index contributed by atoms with van der Waals surface area (Å²) in [4.78, 5) is 11.4. The molecule has 0 bridgehead atoms. The largest absolute Gasteiger partial charge is 0.503 e. The molecule has 0 radical (unpaired) electrons. The molecule has 0 fully saturated rings. The molecule has 96 valence electrons. The maximum Gasteiger partial charge on any atom is 0.254 e. The second kappa shape index (κ2) is 5.40. The number of hydrogen-bond acceptors (Lipinski definition) is 3. The van der Waals surface area contributed by atoms with Gasteiger partial charge in [0.05, 0.1) is 17.6 Å². The van der Waals surface area contributed by atoms with Gasteiger partial charge in [0, 0.05) is 6.54 Å². The Morgan fingerprint density at radius 1 is 1.50 bits per heavy atom. The van der Waals surface area contributed by atoms with Crippen molar-refractivity contribution in [2.24, 2.45) is 5.92 Å². The van der Waals surface area contributed by atoms with Gasteiger partial charge in [0.15, 0.2) is 17.4 Å². The zero-order valence-electron chi connectivity index (χ0n) is 9.30. The summed E-state index contributed by atoms with van der Waals surface area (Å²) < 4.78 is 39.0. The maximum absolute atomic E-state index is 13.3. The van der Waals surface area contributed by atoms with Crippen LogP contribution in [0.15, 0.2) is 6.07 Å². The lowest BCUT2D eigenvalue weighted by Gasteiger charge is -2.08. The Bertz CT molecular complexity index is 526. The first kappa shape index (κ1) is 13.8. The number of halogens is 3. The van der Waals surface area contributed by atoms with Crippen molar-refractivity contribution in [1.29, 1.82) is 5.26 Å². The van der Waals surface area contributed by atoms with Crippen LogP contribution >= 0.6 is 0 Å². The van der Waals surface area contributed by atoms with Crippen LogP contribution in [-0.2, 0) is 0 Å². The van der Waals surface area contributed by atoms with Gasteiger partial charge in [-0.3, -0.25) is 4.79 Å². The van der Waals surface area contributed by atoms with Crippen molar-refractivity contribution in [3.63, 3.8) is 0 Å². The number of phenolic OH excluding ortho intramolecular Hbond substituents is 1. The van der Waals surface area contributed by atoms with Gasteiger partial charge in [-0.15, -0.1) is 0 Å². The van der Waals surface area contributed by atoms with E-state index in [9.17, 15) is 18.0 Å². The maximum atomic E-state index is 13.3. The van der Waals surface area contributed by atoms with Crippen molar-refractivity contribution in [1.82, 2.24) is 5.32 Å². The molecule has 4 nitrogen and oxygen atoms in total. The highest BCUT2D eigenvalue weighted by Crippen LogP contribution is 2.25. The first-order valence-corrected chi connectivity index (χ1v) is 4.92. The summed E-state index contributed by atoms with van der Waals surface area (Å²) in [6.07, 6.45) is 0. The van der Waals surface area contributed by atoms with E-state index in [2.05, 4.69) is 5.32 Å². The average molecular weight is 258 g/mol. The molecule has 0 saturated carbocycles. The quantitative estimate of drug-likeness (QED) is 0.810. The lowest BCUT2D eigenvalue weighted by Crippen LogP contribution is -2.28. The molecule has 1 unspecified atom stereocenters. The molecular formula is C11H9F3N2O2. The van der Waals surface area contributed by atoms with Crippen LogP contribution in [0, 0.1) is 34.7 Å². The van der Waals surface area contributed by atoms with Gasteiger partial charge in [0.1, 0.15) is 0 Å². The standard InChI is InChI=1S/C11H9F3N2O2/c1-5(3-15)4-16-11(18)6-2-7(12)9(14)10(17)8(6)13/h2,5,17H,4H2,1H3,(H,16,18). The molecular weight excluding hydrogens is 249 g/mol. The number of hydrogen-bond donors (Lipinski definition) is 2. The predicted molar refractivity (Wildman–Crippen MR) is 55.1 cm³/mol. The summed E-state index contributed by atoms with van der Waals surface area (Å²) in [5, 5.41) is 19.6. The second-order valence-corrected chi connectivity index (χ2v) is 3.62. The number of aromatic hydroxyl groups is 1. The molecule has 1 aromatic rings. The van der Waals surface area contributed by atoms with Crippen LogP contribution in [0.2, 0.25) is 0 Å². The number of carbonyl (C=O) groups is 1. The van der Waals surface area contributed by atoms with E-state index in [0.717, 1.165) is 0 Å². The Morgan fingerprint density at radius 3 is 2.67 bits per heavy atom. The Kier molecular flexibility index (Phi) is 4.15. The van der Waals surface area contributed by atoms with Crippen LogP contribution in [0.5, 0.6) is 5.75 Å². The molecule has 1 aromatic carbocycles. The van der Waals surface area contributed by atoms with Gasteiger partial charge < -0.3 is 10.4 Å². The third kappa shape index (κ3) is 2.71. The summed E-state index contributed by atoms with van der Waals surface area (Å²) >= 11 is 0. The monoisotopic (exact) mass is 258 g/mol. The minimum atomic E-state index is -1.76. The smallest absolute Gasteiger partial charge is 0.254 e. The van der Waals surface area contributed by atoms with Crippen LogP contribution in [0.25, 0.3) is 0 Å². The van der Waals surface area contributed by atoms with E-state index >= 15 is 0 Å². The van der Waals surface area contributed by atoms with E-state index in [-0.39, 0.29) is 6.54 Å².